The van der Waals surface area contributed by atoms with Gasteiger partial charge in [-0.2, -0.15) is 0 Å². The Bertz CT molecular complexity index is 185. The first-order valence-electron chi connectivity index (χ1n) is 5.45. The highest BCUT2D eigenvalue weighted by Crippen LogP contribution is 2.39. The Morgan fingerprint density at radius 1 is 0.867 bits per heavy atom. The molecule has 4 heteroatoms. The highest BCUT2D eigenvalue weighted by atomic mass is 31.1. The van der Waals surface area contributed by atoms with Crippen molar-refractivity contribution >= 4 is 15.8 Å². The molecule has 0 radical (unpaired) electrons. The van der Waals surface area contributed by atoms with Gasteiger partial charge in [0.05, 0.1) is 12.2 Å². The maximum atomic E-state index is 5.98. The molecule has 90 valence electrons. The maximum absolute atomic E-state index is 5.98. The van der Waals surface area contributed by atoms with Gasteiger partial charge in [-0.1, -0.05) is 0 Å². The van der Waals surface area contributed by atoms with Gasteiger partial charge in [0.15, 0.2) is 5.79 Å². The Labute approximate surface area is 96.6 Å². The lowest BCUT2D eigenvalue weighted by atomic mass is 10.3. The summed E-state index contributed by atoms with van der Waals surface area (Å²) in [4.78, 5) is 0. The molecule has 0 aromatic heterocycles. The first kappa shape index (κ1) is 13.8. The molecular weight excluding hydrogens is 226 g/mol. The highest BCUT2D eigenvalue weighted by Gasteiger charge is 2.41. The number of rotatable bonds is 4. The van der Waals surface area contributed by atoms with E-state index in [1.54, 1.807) is 0 Å². The molecule has 1 heterocycles. The minimum atomic E-state index is -0.369. The van der Waals surface area contributed by atoms with Crippen LogP contribution >= 0.6 is 15.8 Å². The molecular formula is C11H24O2P2. The molecule has 1 saturated heterocycles. The second-order valence-electron chi connectivity index (χ2n) is 5.24. The van der Waals surface area contributed by atoms with Crippen LogP contribution in [0.3, 0.4) is 0 Å². The number of hydrogen-bond acceptors (Lipinski definition) is 2. The molecule has 2 nitrogen and oxygen atoms in total. The first-order valence-corrected chi connectivity index (χ1v) is 10.3. The molecule has 1 aliphatic heterocycles. The van der Waals surface area contributed by atoms with Crippen LogP contribution in [0.15, 0.2) is 0 Å². The van der Waals surface area contributed by atoms with Gasteiger partial charge in [-0.15, -0.1) is 15.8 Å². The Hall–Kier alpha value is 0.780. The van der Waals surface area contributed by atoms with Crippen LogP contribution in [0.4, 0.5) is 0 Å². The summed E-state index contributed by atoms with van der Waals surface area (Å²) in [5.41, 5.74) is 0. The van der Waals surface area contributed by atoms with E-state index in [0.29, 0.717) is 12.2 Å². The lowest BCUT2D eigenvalue weighted by Gasteiger charge is -2.20. The Kier molecular flexibility index (Phi) is 4.99. The van der Waals surface area contributed by atoms with Crippen molar-refractivity contribution in [2.24, 2.45) is 0 Å². The van der Waals surface area contributed by atoms with E-state index in [0.717, 1.165) is 0 Å². The van der Waals surface area contributed by atoms with Crippen LogP contribution in [0.2, 0.25) is 0 Å². The third-order valence-electron chi connectivity index (χ3n) is 2.38. The van der Waals surface area contributed by atoms with Crippen molar-refractivity contribution < 1.29 is 9.47 Å². The van der Waals surface area contributed by atoms with Gasteiger partial charge in [-0.05, 0) is 52.8 Å². The lowest BCUT2D eigenvalue weighted by molar-refractivity contribution is -0.142. The van der Waals surface area contributed by atoms with Crippen LogP contribution in [0.1, 0.15) is 13.8 Å². The summed E-state index contributed by atoms with van der Waals surface area (Å²) in [5.74, 6) is -0.369. The molecule has 0 aromatic rings. The molecule has 0 N–H and O–H groups in total. The maximum Gasteiger partial charge on any atom is 0.163 e. The normalized spacial score (nSPS) is 30.4. The highest BCUT2D eigenvalue weighted by molar-refractivity contribution is 7.56. The van der Waals surface area contributed by atoms with E-state index in [1.807, 2.05) is 13.8 Å². The van der Waals surface area contributed by atoms with Crippen molar-refractivity contribution in [1.29, 1.82) is 0 Å². The Balaban J connectivity index is 2.57. The molecule has 2 atom stereocenters. The summed E-state index contributed by atoms with van der Waals surface area (Å²) in [6.45, 7) is 13.3. The average molecular weight is 250 g/mol. The zero-order chi connectivity index (χ0) is 11.6. The van der Waals surface area contributed by atoms with Gasteiger partial charge < -0.3 is 9.47 Å². The van der Waals surface area contributed by atoms with E-state index in [4.69, 9.17) is 9.47 Å². The van der Waals surface area contributed by atoms with E-state index >= 15 is 0 Å². The SMILES string of the molecule is CP(C)CC1OC(C)(C)OC1CP(C)C. The minimum absolute atomic E-state index is 0.0977. The minimum Gasteiger partial charge on any atom is -0.344 e. The van der Waals surface area contributed by atoms with Gasteiger partial charge in [-0.3, -0.25) is 0 Å². The van der Waals surface area contributed by atoms with E-state index in [-0.39, 0.29) is 21.6 Å². The Morgan fingerprint density at radius 3 is 1.47 bits per heavy atom. The molecule has 1 fully saturated rings. The fourth-order valence-electron chi connectivity index (χ4n) is 1.94. The molecule has 15 heavy (non-hydrogen) atoms. The second-order valence-corrected chi connectivity index (χ2v) is 10.3. The Morgan fingerprint density at radius 2 is 1.20 bits per heavy atom. The zero-order valence-electron chi connectivity index (χ0n) is 10.8. The fourth-order valence-corrected chi connectivity index (χ4v) is 4.00. The van der Waals surface area contributed by atoms with Crippen LogP contribution in [0.25, 0.3) is 0 Å². The first-order chi connectivity index (χ1) is 6.80. The number of ether oxygens (including phenoxy) is 2. The van der Waals surface area contributed by atoms with E-state index < -0.39 is 0 Å². The quantitative estimate of drug-likeness (QED) is 0.714. The van der Waals surface area contributed by atoms with Crippen LogP contribution in [-0.2, 0) is 9.47 Å². The third kappa shape index (κ3) is 4.65. The van der Waals surface area contributed by atoms with Crippen LogP contribution in [0, 0.1) is 0 Å². The monoisotopic (exact) mass is 250 g/mol. The predicted octanol–water partition coefficient (Wildman–Crippen LogP) is 2.99. The van der Waals surface area contributed by atoms with Crippen molar-refractivity contribution in [3.8, 4) is 0 Å². The summed E-state index contributed by atoms with van der Waals surface area (Å²) in [6.07, 6.45) is 3.00. The predicted molar refractivity (Wildman–Crippen MR) is 71.1 cm³/mol. The van der Waals surface area contributed by atoms with Gasteiger partial charge in [0.1, 0.15) is 0 Å². The van der Waals surface area contributed by atoms with Gasteiger partial charge in [0.2, 0.25) is 0 Å². The molecule has 0 saturated carbocycles. The molecule has 0 amide bonds. The molecule has 0 aliphatic carbocycles. The topological polar surface area (TPSA) is 18.5 Å². The molecule has 0 spiro atoms. The lowest BCUT2D eigenvalue weighted by Crippen LogP contribution is -2.28. The summed E-state index contributed by atoms with van der Waals surface area (Å²) in [7, 11) is 0.195. The van der Waals surface area contributed by atoms with Crippen LogP contribution in [0.5, 0.6) is 0 Å². The van der Waals surface area contributed by atoms with Gasteiger partial charge >= 0.3 is 0 Å². The average Bonchev–Trinajstić information content (AvgIpc) is 2.22. The fraction of sp³-hybridized carbons (Fsp3) is 1.00. The second kappa shape index (κ2) is 5.41. The summed E-state index contributed by atoms with van der Waals surface area (Å²) >= 11 is 0. The van der Waals surface area contributed by atoms with E-state index in [1.165, 1.54) is 12.3 Å². The van der Waals surface area contributed by atoms with Gasteiger partial charge in [0, 0.05) is 0 Å². The zero-order valence-corrected chi connectivity index (χ0v) is 12.6. The number of hydrogen-bond donors (Lipinski definition) is 0. The largest absolute Gasteiger partial charge is 0.344 e. The van der Waals surface area contributed by atoms with Crippen molar-refractivity contribution in [1.82, 2.24) is 0 Å². The molecule has 1 rings (SSSR count). The molecule has 0 bridgehead atoms. The molecule has 0 aromatic carbocycles. The van der Waals surface area contributed by atoms with Crippen LogP contribution in [-0.4, -0.2) is 57.0 Å². The van der Waals surface area contributed by atoms with Gasteiger partial charge in [0.25, 0.3) is 0 Å². The van der Waals surface area contributed by atoms with Crippen molar-refractivity contribution in [2.45, 2.75) is 31.8 Å². The van der Waals surface area contributed by atoms with Gasteiger partial charge in [-0.25, -0.2) is 0 Å². The molecule has 1 aliphatic rings. The molecule has 2 unspecified atom stereocenters. The third-order valence-corrected chi connectivity index (χ3v) is 4.56. The summed E-state index contributed by atoms with van der Waals surface area (Å²) < 4.78 is 12.0. The van der Waals surface area contributed by atoms with E-state index in [9.17, 15) is 0 Å². The van der Waals surface area contributed by atoms with Crippen LogP contribution < -0.4 is 0 Å². The van der Waals surface area contributed by atoms with Crippen molar-refractivity contribution in [3.05, 3.63) is 0 Å². The standard InChI is InChI=1S/C11H24O2P2/c1-11(2)12-9(7-14(3)4)10(13-11)8-15(5)6/h9-10H,7-8H2,1-6H3. The van der Waals surface area contributed by atoms with E-state index in [2.05, 4.69) is 26.7 Å². The van der Waals surface area contributed by atoms with Crippen molar-refractivity contribution in [2.75, 3.05) is 39.0 Å². The summed E-state index contributed by atoms with van der Waals surface area (Å²) in [5, 5.41) is 0. The summed E-state index contributed by atoms with van der Waals surface area (Å²) in [6, 6.07) is 0. The smallest absolute Gasteiger partial charge is 0.163 e. The van der Waals surface area contributed by atoms with Crippen molar-refractivity contribution in [3.63, 3.8) is 0 Å².